The number of likely N-dealkylation sites (tertiary alicyclic amines) is 1. The van der Waals surface area contributed by atoms with Crippen molar-refractivity contribution in [3.05, 3.63) is 59.3 Å². The summed E-state index contributed by atoms with van der Waals surface area (Å²) < 4.78 is 5.19. The van der Waals surface area contributed by atoms with Crippen LogP contribution in [0.2, 0.25) is 0 Å². The van der Waals surface area contributed by atoms with Gasteiger partial charge >= 0.3 is 5.97 Å². The van der Waals surface area contributed by atoms with Gasteiger partial charge < -0.3 is 20.3 Å². The van der Waals surface area contributed by atoms with Crippen molar-refractivity contribution in [3.8, 4) is 0 Å². The Labute approximate surface area is 201 Å². The predicted molar refractivity (Wildman–Crippen MR) is 130 cm³/mol. The van der Waals surface area contributed by atoms with Gasteiger partial charge in [-0.2, -0.15) is 0 Å². The summed E-state index contributed by atoms with van der Waals surface area (Å²) in [4.78, 5) is 31.7. The number of hydrogen-bond donors (Lipinski definition) is 2. The first kappa shape index (κ1) is 22.8. The lowest BCUT2D eigenvalue weighted by atomic mass is 10.0. The zero-order chi connectivity index (χ0) is 23.5. The van der Waals surface area contributed by atoms with Gasteiger partial charge in [0.1, 0.15) is 5.82 Å². The summed E-state index contributed by atoms with van der Waals surface area (Å²) in [5.74, 6) is 1.94. The first-order valence-electron chi connectivity index (χ1n) is 12.6. The van der Waals surface area contributed by atoms with Crippen molar-refractivity contribution in [2.24, 2.45) is 11.8 Å². The van der Waals surface area contributed by atoms with Gasteiger partial charge in [0.05, 0.1) is 13.0 Å². The third-order valence-corrected chi connectivity index (χ3v) is 7.37. The molecule has 34 heavy (non-hydrogen) atoms. The van der Waals surface area contributed by atoms with Crippen molar-refractivity contribution < 1.29 is 14.3 Å². The van der Waals surface area contributed by atoms with E-state index >= 15 is 0 Å². The Morgan fingerprint density at radius 3 is 2.74 bits per heavy atom. The van der Waals surface area contributed by atoms with Gasteiger partial charge in [-0.25, -0.2) is 4.98 Å². The number of pyridine rings is 1. The average molecular weight is 463 g/mol. The molecule has 180 valence electrons. The SMILES string of the molecule is CCOC(=O)CC(NC1[C@H]2CN(C(=O)CCc3ccc4c(n3)NCCC4)C[C@@H]12)c1ccccc1. The molecule has 1 amide bonds. The molecular weight excluding hydrogens is 428 g/mol. The molecule has 5 rings (SSSR count). The zero-order valence-corrected chi connectivity index (χ0v) is 19.8. The molecular formula is C27H34N4O3. The van der Waals surface area contributed by atoms with Gasteiger partial charge in [0.15, 0.2) is 0 Å². The van der Waals surface area contributed by atoms with E-state index in [1.165, 1.54) is 5.56 Å². The van der Waals surface area contributed by atoms with Gasteiger partial charge in [0, 0.05) is 43.8 Å². The largest absolute Gasteiger partial charge is 0.466 e. The number of aromatic nitrogens is 1. The highest BCUT2D eigenvalue weighted by Crippen LogP contribution is 2.47. The van der Waals surface area contributed by atoms with E-state index in [4.69, 9.17) is 9.72 Å². The maximum Gasteiger partial charge on any atom is 0.307 e. The summed E-state index contributed by atoms with van der Waals surface area (Å²) in [7, 11) is 0. The van der Waals surface area contributed by atoms with Crippen LogP contribution >= 0.6 is 0 Å². The summed E-state index contributed by atoms with van der Waals surface area (Å²) in [6, 6.07) is 14.6. The van der Waals surface area contributed by atoms with Gasteiger partial charge in [-0.15, -0.1) is 0 Å². The topological polar surface area (TPSA) is 83.6 Å². The number of benzene rings is 1. The number of rotatable bonds is 9. The Morgan fingerprint density at radius 2 is 1.97 bits per heavy atom. The Morgan fingerprint density at radius 1 is 1.18 bits per heavy atom. The molecule has 1 saturated heterocycles. The molecule has 2 aliphatic heterocycles. The van der Waals surface area contributed by atoms with Crippen LogP contribution in [0.15, 0.2) is 42.5 Å². The minimum absolute atomic E-state index is 0.0660. The number of nitrogens with one attached hydrogen (secondary N) is 2. The van der Waals surface area contributed by atoms with Gasteiger partial charge in [0.25, 0.3) is 0 Å². The van der Waals surface area contributed by atoms with Crippen LogP contribution in [0.4, 0.5) is 5.82 Å². The first-order valence-corrected chi connectivity index (χ1v) is 12.6. The Balaban J connectivity index is 1.12. The second-order valence-corrected chi connectivity index (χ2v) is 9.63. The molecule has 2 N–H and O–H groups in total. The van der Waals surface area contributed by atoms with Crippen molar-refractivity contribution in [2.75, 3.05) is 31.6 Å². The fraction of sp³-hybridized carbons (Fsp3) is 0.519. The van der Waals surface area contributed by atoms with Gasteiger partial charge in [-0.1, -0.05) is 36.4 Å². The van der Waals surface area contributed by atoms with Gasteiger partial charge in [-0.05, 0) is 55.2 Å². The van der Waals surface area contributed by atoms with Crippen molar-refractivity contribution in [1.29, 1.82) is 0 Å². The van der Waals surface area contributed by atoms with Crippen LogP contribution in [0.3, 0.4) is 0 Å². The van der Waals surface area contributed by atoms with Crippen molar-refractivity contribution in [1.82, 2.24) is 15.2 Å². The Kier molecular flexibility index (Phi) is 6.81. The summed E-state index contributed by atoms with van der Waals surface area (Å²) in [5.41, 5.74) is 3.35. The number of fused-ring (bicyclic) bond motifs is 2. The number of anilines is 1. The number of amides is 1. The number of carbonyl (C=O) groups excluding carboxylic acids is 2. The van der Waals surface area contributed by atoms with E-state index in [-0.39, 0.29) is 17.9 Å². The molecule has 3 aliphatic rings. The molecule has 1 aliphatic carbocycles. The monoisotopic (exact) mass is 462 g/mol. The molecule has 1 aromatic heterocycles. The average Bonchev–Trinajstić information content (AvgIpc) is 3.29. The molecule has 7 heteroatoms. The summed E-state index contributed by atoms with van der Waals surface area (Å²) in [6.45, 7) is 4.78. The third-order valence-electron chi connectivity index (χ3n) is 7.37. The summed E-state index contributed by atoms with van der Waals surface area (Å²) >= 11 is 0. The molecule has 1 aromatic carbocycles. The van der Waals surface area contributed by atoms with E-state index in [1.807, 2.05) is 30.0 Å². The smallest absolute Gasteiger partial charge is 0.307 e. The van der Waals surface area contributed by atoms with Crippen LogP contribution < -0.4 is 10.6 Å². The molecule has 0 bridgehead atoms. The highest BCUT2D eigenvalue weighted by Gasteiger charge is 2.57. The molecule has 3 heterocycles. The number of nitrogens with zero attached hydrogens (tertiary/aromatic N) is 2. The number of carbonyl (C=O) groups is 2. The second-order valence-electron chi connectivity index (χ2n) is 9.63. The van der Waals surface area contributed by atoms with E-state index in [0.29, 0.717) is 43.7 Å². The van der Waals surface area contributed by atoms with E-state index in [2.05, 4.69) is 34.9 Å². The van der Waals surface area contributed by atoms with E-state index in [0.717, 1.165) is 49.6 Å². The lowest BCUT2D eigenvalue weighted by Gasteiger charge is -2.24. The molecule has 0 spiro atoms. The van der Waals surface area contributed by atoms with Crippen molar-refractivity contribution in [2.45, 2.75) is 51.1 Å². The minimum atomic E-state index is -0.183. The normalized spacial score (nSPS) is 23.4. The van der Waals surface area contributed by atoms with E-state index in [1.54, 1.807) is 0 Å². The quantitative estimate of drug-likeness (QED) is 0.557. The lowest BCUT2D eigenvalue weighted by Crippen LogP contribution is -2.37. The van der Waals surface area contributed by atoms with Crippen LogP contribution in [0.1, 0.15) is 49.0 Å². The lowest BCUT2D eigenvalue weighted by molar-refractivity contribution is -0.143. The maximum absolute atomic E-state index is 12.8. The summed E-state index contributed by atoms with van der Waals surface area (Å²) in [5, 5.41) is 7.05. The predicted octanol–water partition coefficient (Wildman–Crippen LogP) is 3.11. The highest BCUT2D eigenvalue weighted by molar-refractivity contribution is 5.77. The van der Waals surface area contributed by atoms with Crippen LogP contribution in [0.5, 0.6) is 0 Å². The first-order chi connectivity index (χ1) is 16.6. The van der Waals surface area contributed by atoms with Crippen LogP contribution in [0, 0.1) is 11.8 Å². The van der Waals surface area contributed by atoms with Gasteiger partial charge in [0.2, 0.25) is 5.91 Å². The number of piperidine rings is 1. The number of aryl methyl sites for hydroxylation is 2. The van der Waals surface area contributed by atoms with E-state index < -0.39 is 0 Å². The van der Waals surface area contributed by atoms with Crippen LogP contribution in [-0.2, 0) is 27.2 Å². The molecule has 1 saturated carbocycles. The maximum atomic E-state index is 12.8. The third kappa shape index (κ3) is 5.09. The van der Waals surface area contributed by atoms with E-state index in [9.17, 15) is 9.59 Å². The summed E-state index contributed by atoms with van der Waals surface area (Å²) in [6.07, 6.45) is 3.72. The number of ether oxygens (including phenoxy) is 1. The molecule has 0 radical (unpaired) electrons. The minimum Gasteiger partial charge on any atom is -0.466 e. The standard InChI is InChI=1S/C27H34N4O3/c1-2-34-25(33)15-23(18-7-4-3-5-8-18)30-26-21-16-31(17-22(21)26)24(32)13-12-20-11-10-19-9-6-14-28-27(19)29-20/h3-5,7-8,10-11,21-23,26,30H,2,6,9,12-17H2,1H3,(H,28,29)/t21-,22+,23?,26?. The number of hydrogen-bond acceptors (Lipinski definition) is 6. The number of esters is 1. The van der Waals surface area contributed by atoms with Gasteiger partial charge in [-0.3, -0.25) is 9.59 Å². The van der Waals surface area contributed by atoms with Crippen molar-refractivity contribution >= 4 is 17.7 Å². The molecule has 2 fully saturated rings. The molecule has 2 aromatic rings. The Hall–Kier alpha value is -2.93. The van der Waals surface area contributed by atoms with Crippen LogP contribution in [0.25, 0.3) is 0 Å². The molecule has 7 nitrogen and oxygen atoms in total. The molecule has 4 atom stereocenters. The van der Waals surface area contributed by atoms with Crippen LogP contribution in [-0.4, -0.2) is 54.0 Å². The zero-order valence-electron chi connectivity index (χ0n) is 19.8. The Bertz CT molecular complexity index is 1020. The highest BCUT2D eigenvalue weighted by atomic mass is 16.5. The second kappa shape index (κ2) is 10.1. The van der Waals surface area contributed by atoms with Crippen molar-refractivity contribution in [3.63, 3.8) is 0 Å². The fourth-order valence-electron chi connectivity index (χ4n) is 5.46. The fourth-order valence-corrected chi connectivity index (χ4v) is 5.46. The molecule has 2 unspecified atom stereocenters.